The fourth-order valence-electron chi connectivity index (χ4n) is 3.15. The van der Waals surface area contributed by atoms with Gasteiger partial charge in [-0.25, -0.2) is 8.78 Å². The molecular weight excluding hydrogens is 314 g/mol. The number of likely N-dealkylation sites (tertiary alicyclic amines) is 1. The highest BCUT2D eigenvalue weighted by Crippen LogP contribution is 2.28. The molecule has 0 aromatic heterocycles. The van der Waals surface area contributed by atoms with Crippen LogP contribution in [0.3, 0.4) is 0 Å². The lowest BCUT2D eigenvalue weighted by Crippen LogP contribution is -2.39. The van der Waals surface area contributed by atoms with Crippen LogP contribution in [0.4, 0.5) is 8.78 Å². The van der Waals surface area contributed by atoms with Crippen molar-refractivity contribution in [2.75, 3.05) is 52.5 Å². The van der Waals surface area contributed by atoms with Crippen LogP contribution in [0.5, 0.6) is 5.75 Å². The van der Waals surface area contributed by atoms with Crippen molar-refractivity contribution in [3.8, 4) is 5.75 Å². The number of hydrogen-bond donors (Lipinski definition) is 0. The highest BCUT2D eigenvalue weighted by atomic mass is 19.3. The van der Waals surface area contributed by atoms with Gasteiger partial charge in [-0.1, -0.05) is 12.1 Å². The molecule has 2 heterocycles. The Hall–Kier alpha value is -1.24. The third-order valence-electron chi connectivity index (χ3n) is 4.67. The second kappa shape index (κ2) is 8.23. The Labute approximate surface area is 142 Å². The number of ether oxygens (including phenoxy) is 2. The quantitative estimate of drug-likeness (QED) is 0.795. The van der Waals surface area contributed by atoms with E-state index in [9.17, 15) is 8.78 Å². The third kappa shape index (κ3) is 5.40. The summed E-state index contributed by atoms with van der Waals surface area (Å²) >= 11 is 0. The zero-order chi connectivity index (χ0) is 16.8. The summed E-state index contributed by atoms with van der Waals surface area (Å²) in [5.74, 6) is -1.64. The van der Waals surface area contributed by atoms with E-state index in [1.807, 2.05) is 24.3 Å². The molecule has 1 aromatic carbocycles. The molecule has 2 aliphatic heterocycles. The number of alkyl halides is 2. The number of morpholine rings is 1. The number of halogens is 2. The Balaban J connectivity index is 1.43. The van der Waals surface area contributed by atoms with Crippen LogP contribution in [0.15, 0.2) is 24.3 Å². The van der Waals surface area contributed by atoms with Gasteiger partial charge in [-0.05, 0) is 17.7 Å². The molecule has 0 radical (unpaired) electrons. The summed E-state index contributed by atoms with van der Waals surface area (Å²) in [5, 5.41) is 0. The van der Waals surface area contributed by atoms with Crippen molar-refractivity contribution in [1.29, 1.82) is 0 Å². The molecular formula is C18H26F2N2O2. The molecule has 2 aliphatic rings. The molecule has 2 saturated heterocycles. The number of hydrogen-bond acceptors (Lipinski definition) is 4. The molecule has 0 atom stereocenters. The monoisotopic (exact) mass is 340 g/mol. The van der Waals surface area contributed by atoms with Crippen molar-refractivity contribution in [2.45, 2.75) is 25.3 Å². The zero-order valence-corrected chi connectivity index (χ0v) is 14.1. The first-order valence-electron chi connectivity index (χ1n) is 8.73. The van der Waals surface area contributed by atoms with Gasteiger partial charge >= 0.3 is 0 Å². The van der Waals surface area contributed by atoms with Crippen LogP contribution in [0.1, 0.15) is 18.4 Å². The molecule has 0 amide bonds. The van der Waals surface area contributed by atoms with E-state index in [1.54, 1.807) is 0 Å². The first-order valence-corrected chi connectivity index (χ1v) is 8.73. The van der Waals surface area contributed by atoms with E-state index in [0.29, 0.717) is 26.2 Å². The average molecular weight is 340 g/mol. The van der Waals surface area contributed by atoms with Crippen molar-refractivity contribution >= 4 is 0 Å². The van der Waals surface area contributed by atoms with Crippen LogP contribution in [0.25, 0.3) is 0 Å². The summed E-state index contributed by atoms with van der Waals surface area (Å²) in [4.78, 5) is 4.42. The van der Waals surface area contributed by atoms with Gasteiger partial charge in [0.15, 0.2) is 0 Å². The van der Waals surface area contributed by atoms with Crippen molar-refractivity contribution in [3.05, 3.63) is 29.8 Å². The van der Waals surface area contributed by atoms with Gasteiger partial charge in [-0.3, -0.25) is 9.80 Å². The molecule has 0 aliphatic carbocycles. The number of benzene rings is 1. The second-order valence-electron chi connectivity index (χ2n) is 6.58. The van der Waals surface area contributed by atoms with Crippen LogP contribution in [0, 0.1) is 0 Å². The Kier molecular flexibility index (Phi) is 6.03. The van der Waals surface area contributed by atoms with Gasteiger partial charge < -0.3 is 9.47 Å². The van der Waals surface area contributed by atoms with Crippen LogP contribution < -0.4 is 4.74 Å². The molecule has 6 heteroatoms. The average Bonchev–Trinajstić information content (AvgIpc) is 2.58. The van der Waals surface area contributed by atoms with E-state index in [2.05, 4.69) is 9.80 Å². The highest BCUT2D eigenvalue weighted by molar-refractivity contribution is 5.28. The number of piperidine rings is 1. The van der Waals surface area contributed by atoms with Crippen molar-refractivity contribution < 1.29 is 18.3 Å². The van der Waals surface area contributed by atoms with Gasteiger partial charge in [-0.15, -0.1) is 0 Å². The summed E-state index contributed by atoms with van der Waals surface area (Å²) in [7, 11) is 0. The van der Waals surface area contributed by atoms with Crippen LogP contribution in [0.2, 0.25) is 0 Å². The van der Waals surface area contributed by atoms with Gasteiger partial charge in [0.2, 0.25) is 0 Å². The summed E-state index contributed by atoms with van der Waals surface area (Å²) in [6.45, 7) is 6.68. The predicted molar refractivity (Wildman–Crippen MR) is 88.7 cm³/mol. The molecule has 4 nitrogen and oxygen atoms in total. The summed E-state index contributed by atoms with van der Waals surface area (Å²) in [6.07, 6.45) is -0.0779. The fourth-order valence-corrected chi connectivity index (χ4v) is 3.15. The van der Waals surface area contributed by atoms with Gasteiger partial charge in [0.05, 0.1) is 13.2 Å². The Morgan fingerprint density at radius 1 is 1.04 bits per heavy atom. The third-order valence-corrected chi connectivity index (χ3v) is 4.67. The van der Waals surface area contributed by atoms with Crippen LogP contribution in [-0.2, 0) is 11.3 Å². The molecule has 134 valence electrons. The lowest BCUT2D eigenvalue weighted by atomic mass is 10.1. The summed E-state index contributed by atoms with van der Waals surface area (Å²) < 4.78 is 37.6. The molecule has 0 unspecified atom stereocenters. The normalized spacial score (nSPS) is 22.4. The largest absolute Gasteiger partial charge is 0.492 e. The van der Waals surface area contributed by atoms with E-state index in [4.69, 9.17) is 9.47 Å². The second-order valence-corrected chi connectivity index (χ2v) is 6.58. The molecule has 0 N–H and O–H groups in total. The van der Waals surface area contributed by atoms with Crippen molar-refractivity contribution in [3.63, 3.8) is 0 Å². The molecule has 0 bridgehead atoms. The van der Waals surface area contributed by atoms with Gasteiger partial charge in [0.25, 0.3) is 5.92 Å². The molecule has 0 saturated carbocycles. The Bertz CT molecular complexity index is 511. The van der Waals surface area contributed by atoms with E-state index in [0.717, 1.165) is 44.2 Å². The molecule has 2 fully saturated rings. The SMILES string of the molecule is FC1(F)CCN(Cc2cccc(OCCN3CCOCC3)c2)CC1. The maximum absolute atomic E-state index is 13.2. The minimum Gasteiger partial charge on any atom is -0.492 e. The Morgan fingerprint density at radius 3 is 2.54 bits per heavy atom. The Morgan fingerprint density at radius 2 is 1.79 bits per heavy atom. The van der Waals surface area contributed by atoms with Crippen molar-refractivity contribution in [1.82, 2.24) is 9.80 Å². The van der Waals surface area contributed by atoms with Crippen molar-refractivity contribution in [2.24, 2.45) is 0 Å². The van der Waals surface area contributed by atoms with Gasteiger partial charge in [-0.2, -0.15) is 0 Å². The number of nitrogens with zero attached hydrogens (tertiary/aromatic N) is 2. The van der Waals surface area contributed by atoms with Crippen LogP contribution in [-0.4, -0.2) is 68.3 Å². The summed E-state index contributed by atoms with van der Waals surface area (Å²) in [6, 6.07) is 7.97. The lowest BCUT2D eigenvalue weighted by molar-refractivity contribution is -0.0566. The minimum absolute atomic E-state index is 0.0389. The molecule has 24 heavy (non-hydrogen) atoms. The fraction of sp³-hybridized carbons (Fsp3) is 0.667. The first kappa shape index (κ1) is 17.6. The van der Waals surface area contributed by atoms with Crippen LogP contribution >= 0.6 is 0 Å². The summed E-state index contributed by atoms with van der Waals surface area (Å²) in [5.41, 5.74) is 1.11. The van der Waals surface area contributed by atoms with E-state index >= 15 is 0 Å². The molecule has 0 spiro atoms. The smallest absolute Gasteiger partial charge is 0.250 e. The predicted octanol–water partition coefficient (Wildman–Crippen LogP) is 2.63. The van der Waals surface area contributed by atoms with Gasteiger partial charge in [0, 0.05) is 52.1 Å². The standard InChI is InChI=1S/C18H26F2N2O2/c19-18(20)4-6-22(7-5-18)15-16-2-1-3-17(14-16)24-13-10-21-8-11-23-12-9-21/h1-3,14H,4-13,15H2. The maximum Gasteiger partial charge on any atom is 0.250 e. The molecule has 3 rings (SSSR count). The first-order chi connectivity index (χ1) is 11.6. The van der Waals surface area contributed by atoms with E-state index in [1.165, 1.54) is 0 Å². The highest BCUT2D eigenvalue weighted by Gasteiger charge is 2.33. The topological polar surface area (TPSA) is 24.9 Å². The van der Waals surface area contributed by atoms with E-state index < -0.39 is 5.92 Å². The maximum atomic E-state index is 13.2. The van der Waals surface area contributed by atoms with Gasteiger partial charge in [0.1, 0.15) is 12.4 Å². The lowest BCUT2D eigenvalue weighted by Gasteiger charge is -2.31. The molecule has 1 aromatic rings. The zero-order valence-electron chi connectivity index (χ0n) is 14.1. The van der Waals surface area contributed by atoms with E-state index in [-0.39, 0.29) is 12.8 Å². The number of rotatable bonds is 6. The minimum atomic E-state index is -2.49.